The molecule has 3 heterocycles. The summed E-state index contributed by atoms with van der Waals surface area (Å²) in [5.41, 5.74) is 5.86. The lowest BCUT2D eigenvalue weighted by Gasteiger charge is -2.29. The van der Waals surface area contributed by atoms with Crippen molar-refractivity contribution in [2.24, 2.45) is 17.1 Å². The molecule has 1 saturated heterocycles. The second-order valence-corrected chi connectivity index (χ2v) is 7.50. The fourth-order valence-electron chi connectivity index (χ4n) is 2.50. The summed E-state index contributed by atoms with van der Waals surface area (Å²) in [6.45, 7) is 1.05. The first-order valence-corrected chi connectivity index (χ1v) is 8.37. The van der Waals surface area contributed by atoms with Crippen LogP contribution in [0.25, 0.3) is 11.0 Å². The molecular weight excluding hydrogens is 292 g/mol. The molecule has 0 spiro atoms. The van der Waals surface area contributed by atoms with Gasteiger partial charge < -0.3 is 15.2 Å². The Hall–Kier alpha value is -2.16. The van der Waals surface area contributed by atoms with Gasteiger partial charge >= 0.3 is 6.03 Å². The van der Waals surface area contributed by atoms with Crippen molar-refractivity contribution >= 4 is 32.6 Å². The van der Waals surface area contributed by atoms with Crippen LogP contribution in [0.5, 0.6) is 0 Å². The van der Waals surface area contributed by atoms with E-state index in [4.69, 9.17) is 5.73 Å². The highest BCUT2D eigenvalue weighted by Crippen LogP contribution is 2.24. The van der Waals surface area contributed by atoms with Crippen LogP contribution < -0.4 is 10.6 Å². The molecule has 1 aliphatic heterocycles. The van der Waals surface area contributed by atoms with Crippen LogP contribution in [0.2, 0.25) is 0 Å². The molecule has 0 bridgehead atoms. The number of hydrogen-bond donors (Lipinski definition) is 1. The maximum atomic E-state index is 12.3. The van der Waals surface area contributed by atoms with Gasteiger partial charge in [0.25, 0.3) is 0 Å². The Kier molecular flexibility index (Phi) is 3.28. The van der Waals surface area contributed by atoms with Gasteiger partial charge in [-0.3, -0.25) is 0 Å². The molecule has 2 amide bonds. The molecule has 0 saturated carbocycles. The number of primary amides is 1. The Morgan fingerprint density at radius 1 is 1.38 bits per heavy atom. The van der Waals surface area contributed by atoms with Crippen molar-refractivity contribution in [3.63, 3.8) is 0 Å². The van der Waals surface area contributed by atoms with Crippen LogP contribution in [0, 0.1) is 0 Å². The van der Waals surface area contributed by atoms with Gasteiger partial charge in [0.15, 0.2) is 0 Å². The molecule has 1 fully saturated rings. The van der Waals surface area contributed by atoms with Crippen LogP contribution in [0.3, 0.4) is 0 Å². The Bertz CT molecular complexity index is 806. The summed E-state index contributed by atoms with van der Waals surface area (Å²) in [5, 5.41) is 0.959. The highest BCUT2D eigenvalue weighted by Gasteiger charge is 2.24. The number of urea groups is 1. The van der Waals surface area contributed by atoms with Crippen LogP contribution >= 0.6 is 0 Å². The summed E-state index contributed by atoms with van der Waals surface area (Å²) in [6, 6.07) is 1.10. The number of anilines is 1. The minimum atomic E-state index is -2.52. The average Bonchev–Trinajstić information content (AvgIpc) is 2.81. The molecule has 21 heavy (non-hydrogen) atoms. The van der Waals surface area contributed by atoms with Gasteiger partial charge in [-0.15, -0.1) is 4.36 Å². The Morgan fingerprint density at radius 2 is 2.10 bits per heavy atom. The molecule has 9 heteroatoms. The molecule has 1 aliphatic rings. The smallest absolute Gasteiger partial charge is 0.346 e. The van der Waals surface area contributed by atoms with E-state index in [1.807, 2.05) is 28.8 Å². The zero-order valence-electron chi connectivity index (χ0n) is 11.6. The summed E-state index contributed by atoms with van der Waals surface area (Å²) in [4.78, 5) is 21.5. The van der Waals surface area contributed by atoms with Crippen LogP contribution in [-0.2, 0) is 16.8 Å². The molecule has 0 unspecified atom stereocenters. The lowest BCUT2D eigenvalue weighted by molar-refractivity contribution is 0.257. The number of rotatable bonds is 1. The van der Waals surface area contributed by atoms with E-state index >= 15 is 0 Å². The molecule has 2 aromatic heterocycles. The quantitative estimate of drug-likeness (QED) is 0.817. The third-order valence-corrected chi connectivity index (χ3v) is 5.71. The largest absolute Gasteiger partial charge is 0.354 e. The predicted molar refractivity (Wildman–Crippen MR) is 80.6 cm³/mol. The SMILES string of the molecule is Cn1ccc2c(N3CCS(=O)(=NC(N)=O)CC3)ncnc21. The molecule has 0 aliphatic carbocycles. The van der Waals surface area contributed by atoms with E-state index in [-0.39, 0.29) is 0 Å². The van der Waals surface area contributed by atoms with Crippen molar-refractivity contribution in [3.8, 4) is 0 Å². The zero-order valence-corrected chi connectivity index (χ0v) is 12.4. The summed E-state index contributed by atoms with van der Waals surface area (Å²) in [5.74, 6) is 1.45. The number of carbonyl (C=O) groups is 1. The van der Waals surface area contributed by atoms with Crippen molar-refractivity contribution < 1.29 is 9.00 Å². The van der Waals surface area contributed by atoms with Crippen molar-refractivity contribution in [1.29, 1.82) is 0 Å². The van der Waals surface area contributed by atoms with E-state index in [1.165, 1.54) is 6.33 Å². The molecular formula is C12H16N6O2S. The van der Waals surface area contributed by atoms with Crippen molar-refractivity contribution in [2.75, 3.05) is 29.5 Å². The fourth-order valence-corrected chi connectivity index (χ4v) is 4.23. The number of carbonyl (C=O) groups excluding carboxylic acids is 1. The number of nitrogens with two attached hydrogens (primary N) is 1. The van der Waals surface area contributed by atoms with Gasteiger partial charge in [0.1, 0.15) is 17.8 Å². The highest BCUT2D eigenvalue weighted by atomic mass is 32.2. The fraction of sp³-hybridized carbons (Fsp3) is 0.417. The number of hydrogen-bond acceptors (Lipinski definition) is 5. The second kappa shape index (κ2) is 4.99. The van der Waals surface area contributed by atoms with E-state index in [1.54, 1.807) is 0 Å². The number of fused-ring (bicyclic) bond motifs is 1. The van der Waals surface area contributed by atoms with Crippen molar-refractivity contribution in [1.82, 2.24) is 14.5 Å². The maximum Gasteiger partial charge on any atom is 0.346 e. The van der Waals surface area contributed by atoms with Gasteiger partial charge in [-0.1, -0.05) is 0 Å². The zero-order chi connectivity index (χ0) is 15.0. The lowest BCUT2D eigenvalue weighted by Crippen LogP contribution is -2.41. The molecule has 0 atom stereocenters. The van der Waals surface area contributed by atoms with Gasteiger partial charge in [-0.05, 0) is 6.07 Å². The normalized spacial score (nSPS) is 17.9. The molecule has 0 aromatic carbocycles. The van der Waals surface area contributed by atoms with Gasteiger partial charge in [0, 0.05) is 37.8 Å². The van der Waals surface area contributed by atoms with Crippen molar-refractivity contribution in [2.45, 2.75) is 0 Å². The van der Waals surface area contributed by atoms with E-state index in [9.17, 15) is 9.00 Å². The molecule has 2 N–H and O–H groups in total. The summed E-state index contributed by atoms with van der Waals surface area (Å²) in [7, 11) is -0.594. The molecule has 112 valence electrons. The summed E-state index contributed by atoms with van der Waals surface area (Å²) in [6.07, 6.45) is 3.45. The number of nitrogens with zero attached hydrogens (tertiary/aromatic N) is 5. The topological polar surface area (TPSA) is 106 Å². The predicted octanol–water partition coefficient (Wildman–Crippen LogP) is 0.335. The van der Waals surface area contributed by atoms with Gasteiger partial charge in [-0.25, -0.2) is 19.0 Å². The molecule has 3 rings (SSSR count). The van der Waals surface area contributed by atoms with Gasteiger partial charge in [0.05, 0.1) is 15.1 Å². The second-order valence-electron chi connectivity index (χ2n) is 4.96. The Balaban J connectivity index is 1.90. The van der Waals surface area contributed by atoms with E-state index in [2.05, 4.69) is 14.3 Å². The standard InChI is InChI=1S/C12H16N6O2S/c1-17-3-2-9-10(17)14-8-15-11(9)18-4-6-21(20,7-5-18)16-12(13)19/h2-3,8H,4-7H2,1H3,(H2,13,19). The van der Waals surface area contributed by atoms with Gasteiger partial charge in [0.2, 0.25) is 0 Å². The summed E-state index contributed by atoms with van der Waals surface area (Å²) < 4.78 is 17.8. The lowest BCUT2D eigenvalue weighted by atomic mass is 10.3. The average molecular weight is 308 g/mol. The minimum absolute atomic E-state index is 0.314. The highest BCUT2D eigenvalue weighted by molar-refractivity contribution is 7.94. The van der Waals surface area contributed by atoms with Crippen LogP contribution in [0.15, 0.2) is 23.0 Å². The first-order valence-electron chi connectivity index (χ1n) is 6.51. The monoisotopic (exact) mass is 308 g/mol. The van der Waals surface area contributed by atoms with Crippen LogP contribution in [0.4, 0.5) is 10.6 Å². The number of amides is 2. The third-order valence-electron chi connectivity index (χ3n) is 3.56. The van der Waals surface area contributed by atoms with Crippen molar-refractivity contribution in [3.05, 3.63) is 18.6 Å². The first-order chi connectivity index (χ1) is 9.98. The van der Waals surface area contributed by atoms with Crippen LogP contribution in [-0.4, -0.2) is 49.4 Å². The Labute approximate surface area is 122 Å². The number of aromatic nitrogens is 3. The third kappa shape index (κ3) is 2.56. The summed E-state index contributed by atoms with van der Waals surface area (Å²) >= 11 is 0. The Morgan fingerprint density at radius 3 is 2.76 bits per heavy atom. The molecule has 8 nitrogen and oxygen atoms in total. The maximum absolute atomic E-state index is 12.3. The minimum Gasteiger partial charge on any atom is -0.354 e. The van der Waals surface area contributed by atoms with E-state index in [0.29, 0.717) is 24.6 Å². The van der Waals surface area contributed by atoms with Crippen LogP contribution in [0.1, 0.15) is 0 Å². The van der Waals surface area contributed by atoms with Gasteiger partial charge in [-0.2, -0.15) is 0 Å². The number of aryl methyl sites for hydroxylation is 1. The molecule has 0 radical (unpaired) electrons. The molecule has 2 aromatic rings. The van der Waals surface area contributed by atoms with E-state index < -0.39 is 15.8 Å². The first kappa shape index (κ1) is 13.8. The van der Waals surface area contributed by atoms with E-state index in [0.717, 1.165) is 16.9 Å².